The summed E-state index contributed by atoms with van der Waals surface area (Å²) in [6.07, 6.45) is 4.18. The summed E-state index contributed by atoms with van der Waals surface area (Å²) in [7, 11) is 0. The number of nitrogen functional groups attached to an aromatic ring is 1. The number of nitrogens with one attached hydrogen (secondary N) is 1. The number of ether oxygens (including phenoxy) is 1. The van der Waals surface area contributed by atoms with E-state index in [9.17, 15) is 0 Å². The predicted octanol–water partition coefficient (Wildman–Crippen LogP) is 1.18. The quantitative estimate of drug-likeness (QED) is 0.444. The first-order valence-electron chi connectivity index (χ1n) is 5.78. The molecule has 0 saturated carbocycles. The van der Waals surface area contributed by atoms with Gasteiger partial charge >= 0.3 is 0 Å². The van der Waals surface area contributed by atoms with Crippen molar-refractivity contribution in [2.45, 2.75) is 39.2 Å². The highest BCUT2D eigenvalue weighted by molar-refractivity contribution is 5.47. The number of anilines is 1. The zero-order chi connectivity index (χ0) is 11.4. The van der Waals surface area contributed by atoms with Crippen molar-refractivity contribution in [3.05, 3.63) is 17.1 Å². The molecule has 3 N–H and O–H groups in total. The number of nitrogens with zero attached hydrogens (tertiary/aromatic N) is 2. The van der Waals surface area contributed by atoms with E-state index < -0.39 is 0 Å². The fraction of sp³-hybridized carbons (Fsp3) is 0.636. The third-order valence-electron chi connectivity index (χ3n) is 2.70. The van der Waals surface area contributed by atoms with Crippen LogP contribution in [-0.2, 0) is 24.2 Å². The first-order chi connectivity index (χ1) is 7.85. The van der Waals surface area contributed by atoms with E-state index in [1.54, 1.807) is 0 Å². The Labute approximate surface area is 95.4 Å². The predicted molar refractivity (Wildman–Crippen MR) is 61.8 cm³/mol. The molecule has 1 aromatic rings. The molecule has 5 nitrogen and oxygen atoms in total. The Morgan fingerprint density at radius 2 is 2.25 bits per heavy atom. The van der Waals surface area contributed by atoms with Crippen LogP contribution in [0.1, 0.15) is 36.8 Å². The maximum Gasteiger partial charge on any atom is 0.156 e. The Morgan fingerprint density at radius 3 is 3.00 bits per heavy atom. The minimum absolute atomic E-state index is 0.468. The highest BCUT2D eigenvalue weighted by Crippen LogP contribution is 2.25. The summed E-state index contributed by atoms with van der Waals surface area (Å²) >= 11 is 0. The fourth-order valence-electron chi connectivity index (χ4n) is 1.98. The Morgan fingerprint density at radius 1 is 1.38 bits per heavy atom. The van der Waals surface area contributed by atoms with Gasteiger partial charge in [-0.2, -0.15) is 0 Å². The summed E-state index contributed by atoms with van der Waals surface area (Å²) in [5.41, 5.74) is 4.94. The van der Waals surface area contributed by atoms with Crippen molar-refractivity contribution < 1.29 is 4.74 Å². The topological polar surface area (TPSA) is 73.1 Å². The second-order valence-electron chi connectivity index (χ2n) is 3.96. The number of aromatic nitrogens is 2. The van der Waals surface area contributed by atoms with Gasteiger partial charge in [0.2, 0.25) is 0 Å². The molecular weight excluding hydrogens is 204 g/mol. The van der Waals surface area contributed by atoms with Crippen molar-refractivity contribution in [3.8, 4) is 0 Å². The van der Waals surface area contributed by atoms with Gasteiger partial charge in [0.1, 0.15) is 12.4 Å². The van der Waals surface area contributed by atoms with Crippen LogP contribution >= 0.6 is 0 Å². The highest BCUT2D eigenvalue weighted by Gasteiger charge is 2.18. The van der Waals surface area contributed by atoms with Crippen LogP contribution in [0.15, 0.2) is 0 Å². The molecule has 0 bridgehead atoms. The van der Waals surface area contributed by atoms with E-state index in [0.717, 1.165) is 49.6 Å². The molecule has 1 aliphatic rings. The van der Waals surface area contributed by atoms with Crippen molar-refractivity contribution >= 4 is 5.82 Å². The highest BCUT2D eigenvalue weighted by atomic mass is 16.5. The van der Waals surface area contributed by atoms with Crippen LogP contribution < -0.4 is 11.3 Å². The van der Waals surface area contributed by atoms with Gasteiger partial charge in [0, 0.05) is 17.9 Å². The van der Waals surface area contributed by atoms with Crippen molar-refractivity contribution in [2.24, 2.45) is 5.84 Å². The van der Waals surface area contributed by atoms with Crippen LogP contribution in [0, 0.1) is 0 Å². The van der Waals surface area contributed by atoms with Crippen molar-refractivity contribution in [3.63, 3.8) is 0 Å². The molecule has 1 aromatic heterocycles. The van der Waals surface area contributed by atoms with Crippen LogP contribution in [0.25, 0.3) is 0 Å². The third-order valence-corrected chi connectivity index (χ3v) is 2.70. The van der Waals surface area contributed by atoms with Gasteiger partial charge in [0.15, 0.2) is 5.82 Å². The average Bonchev–Trinajstić information content (AvgIpc) is 2.76. The SMILES string of the molecule is CCCOCc1nc2c(c(NN)n1)CCC2. The Hall–Kier alpha value is -1.20. The molecule has 16 heavy (non-hydrogen) atoms. The Bertz CT molecular complexity index is 367. The van der Waals surface area contributed by atoms with Gasteiger partial charge in [-0.05, 0) is 25.7 Å². The van der Waals surface area contributed by atoms with Crippen LogP contribution in [0.5, 0.6) is 0 Å². The lowest BCUT2D eigenvalue weighted by Gasteiger charge is -2.09. The minimum Gasteiger partial charge on any atom is -0.373 e. The summed E-state index contributed by atoms with van der Waals surface area (Å²) < 4.78 is 5.43. The number of fused-ring (bicyclic) bond motifs is 1. The molecule has 0 aliphatic heterocycles. The lowest BCUT2D eigenvalue weighted by molar-refractivity contribution is 0.116. The summed E-state index contributed by atoms with van der Waals surface area (Å²) in [6, 6.07) is 0. The van der Waals surface area contributed by atoms with Gasteiger partial charge in [-0.1, -0.05) is 6.92 Å². The van der Waals surface area contributed by atoms with E-state index >= 15 is 0 Å². The molecule has 1 aliphatic carbocycles. The molecule has 0 unspecified atom stereocenters. The number of rotatable bonds is 5. The van der Waals surface area contributed by atoms with Crippen molar-refractivity contribution in [1.82, 2.24) is 9.97 Å². The zero-order valence-electron chi connectivity index (χ0n) is 9.62. The summed E-state index contributed by atoms with van der Waals surface area (Å²) in [5, 5.41) is 0. The van der Waals surface area contributed by atoms with E-state index in [1.807, 2.05) is 0 Å². The fourth-order valence-corrected chi connectivity index (χ4v) is 1.98. The van der Waals surface area contributed by atoms with E-state index in [1.165, 1.54) is 5.56 Å². The Balaban J connectivity index is 2.14. The molecule has 0 saturated heterocycles. The number of hydrazine groups is 1. The van der Waals surface area contributed by atoms with Crippen LogP contribution in [0.2, 0.25) is 0 Å². The largest absolute Gasteiger partial charge is 0.373 e. The van der Waals surface area contributed by atoms with Gasteiger partial charge in [0.25, 0.3) is 0 Å². The smallest absolute Gasteiger partial charge is 0.156 e. The normalized spacial score (nSPS) is 13.9. The Kier molecular flexibility index (Phi) is 3.69. The summed E-state index contributed by atoms with van der Waals surface area (Å²) in [6.45, 7) is 3.29. The lowest BCUT2D eigenvalue weighted by Crippen LogP contribution is -2.14. The molecule has 0 radical (unpaired) electrons. The van der Waals surface area contributed by atoms with Gasteiger partial charge in [-0.3, -0.25) is 0 Å². The standard InChI is InChI=1S/C11H18N4O/c1-2-6-16-7-10-13-9-5-3-4-8(9)11(14-10)15-12/h2-7,12H2,1H3,(H,13,14,15). The second kappa shape index (κ2) is 5.23. The van der Waals surface area contributed by atoms with E-state index in [-0.39, 0.29) is 0 Å². The van der Waals surface area contributed by atoms with Crippen LogP contribution in [0.4, 0.5) is 5.82 Å². The number of aryl methyl sites for hydroxylation is 1. The molecule has 0 spiro atoms. The van der Waals surface area contributed by atoms with Gasteiger partial charge in [-0.25, -0.2) is 15.8 Å². The van der Waals surface area contributed by atoms with Crippen molar-refractivity contribution in [2.75, 3.05) is 12.0 Å². The molecule has 0 fully saturated rings. The first kappa shape index (κ1) is 11.3. The molecule has 0 amide bonds. The monoisotopic (exact) mass is 222 g/mol. The van der Waals surface area contributed by atoms with Gasteiger partial charge in [0.05, 0.1) is 0 Å². The molecule has 0 aromatic carbocycles. The molecule has 2 rings (SSSR count). The third kappa shape index (κ3) is 2.31. The molecule has 5 heteroatoms. The number of nitrogens with two attached hydrogens (primary N) is 1. The van der Waals surface area contributed by atoms with Crippen molar-refractivity contribution in [1.29, 1.82) is 0 Å². The van der Waals surface area contributed by atoms with Crippen LogP contribution in [-0.4, -0.2) is 16.6 Å². The maximum atomic E-state index is 5.47. The average molecular weight is 222 g/mol. The molecular formula is C11H18N4O. The molecule has 88 valence electrons. The van der Waals surface area contributed by atoms with E-state index in [4.69, 9.17) is 10.6 Å². The molecule has 0 atom stereocenters. The molecule has 1 heterocycles. The summed E-state index contributed by atoms with van der Waals surface area (Å²) in [5.74, 6) is 6.95. The summed E-state index contributed by atoms with van der Waals surface area (Å²) in [4.78, 5) is 8.86. The van der Waals surface area contributed by atoms with E-state index in [2.05, 4.69) is 22.3 Å². The number of hydrogen-bond donors (Lipinski definition) is 2. The zero-order valence-corrected chi connectivity index (χ0v) is 9.62. The van der Waals surface area contributed by atoms with Gasteiger partial charge in [-0.15, -0.1) is 0 Å². The second-order valence-corrected chi connectivity index (χ2v) is 3.96. The lowest BCUT2D eigenvalue weighted by atomic mass is 10.2. The van der Waals surface area contributed by atoms with Crippen LogP contribution in [0.3, 0.4) is 0 Å². The van der Waals surface area contributed by atoms with E-state index in [0.29, 0.717) is 6.61 Å². The minimum atomic E-state index is 0.468. The maximum absolute atomic E-state index is 5.47. The van der Waals surface area contributed by atoms with Gasteiger partial charge < -0.3 is 10.2 Å². The number of hydrogen-bond acceptors (Lipinski definition) is 5. The first-order valence-corrected chi connectivity index (χ1v) is 5.78.